The number of aliphatic hydroxyl groups is 1. The number of nitrogens with one attached hydrogen (secondary N) is 1. The van der Waals surface area contributed by atoms with Crippen LogP contribution in [0.3, 0.4) is 0 Å². The number of ether oxygens (including phenoxy) is 1. The second-order valence-electron chi connectivity index (χ2n) is 4.07. The van der Waals surface area contributed by atoms with Crippen LogP contribution in [0.5, 0.6) is 0 Å². The molecule has 1 saturated carbocycles. The lowest BCUT2D eigenvalue weighted by Gasteiger charge is -2.16. The van der Waals surface area contributed by atoms with Crippen molar-refractivity contribution >= 4 is 0 Å². The van der Waals surface area contributed by atoms with E-state index in [1.807, 2.05) is 0 Å². The van der Waals surface area contributed by atoms with Gasteiger partial charge >= 0.3 is 0 Å². The van der Waals surface area contributed by atoms with Gasteiger partial charge in [-0.25, -0.2) is 0 Å². The standard InChI is InChI=1S/C11H23NO2/c1-2-12-11(5-7-13)9-14-8-6-10-3-4-10/h10-13H,2-9H2,1H3. The SMILES string of the molecule is CCNC(CCO)COCCC1CC1. The molecule has 1 aliphatic carbocycles. The van der Waals surface area contributed by atoms with E-state index < -0.39 is 0 Å². The highest BCUT2D eigenvalue weighted by molar-refractivity contribution is 4.72. The summed E-state index contributed by atoms with van der Waals surface area (Å²) in [4.78, 5) is 0. The average Bonchev–Trinajstić information content (AvgIpc) is 2.96. The van der Waals surface area contributed by atoms with Crippen LogP contribution < -0.4 is 5.32 Å². The second-order valence-corrected chi connectivity index (χ2v) is 4.07. The van der Waals surface area contributed by atoms with Crippen molar-refractivity contribution in [3.63, 3.8) is 0 Å². The zero-order valence-corrected chi connectivity index (χ0v) is 9.17. The lowest BCUT2D eigenvalue weighted by Crippen LogP contribution is -2.34. The summed E-state index contributed by atoms with van der Waals surface area (Å²) in [6.07, 6.45) is 4.81. The Kier molecular flexibility index (Phi) is 6.15. The quantitative estimate of drug-likeness (QED) is 0.550. The molecule has 3 heteroatoms. The third-order valence-electron chi connectivity index (χ3n) is 2.66. The highest BCUT2D eigenvalue weighted by atomic mass is 16.5. The fourth-order valence-corrected chi connectivity index (χ4v) is 1.57. The van der Waals surface area contributed by atoms with Gasteiger partial charge in [-0.1, -0.05) is 19.8 Å². The van der Waals surface area contributed by atoms with Crippen molar-refractivity contribution in [2.45, 2.75) is 38.6 Å². The van der Waals surface area contributed by atoms with Crippen molar-refractivity contribution in [3.05, 3.63) is 0 Å². The van der Waals surface area contributed by atoms with Gasteiger partial charge in [0.15, 0.2) is 0 Å². The Labute approximate surface area is 86.8 Å². The second kappa shape index (κ2) is 7.21. The van der Waals surface area contributed by atoms with Gasteiger partial charge in [-0.15, -0.1) is 0 Å². The molecule has 1 aliphatic rings. The zero-order chi connectivity index (χ0) is 10.2. The molecule has 0 radical (unpaired) electrons. The number of hydrogen-bond acceptors (Lipinski definition) is 3. The molecule has 2 N–H and O–H groups in total. The van der Waals surface area contributed by atoms with Crippen LogP contribution in [-0.2, 0) is 4.74 Å². The van der Waals surface area contributed by atoms with Crippen LogP contribution in [0.15, 0.2) is 0 Å². The molecule has 1 rings (SSSR count). The Bertz CT molecular complexity index is 131. The summed E-state index contributed by atoms with van der Waals surface area (Å²) in [6.45, 7) is 4.88. The fourth-order valence-electron chi connectivity index (χ4n) is 1.57. The Morgan fingerprint density at radius 1 is 1.50 bits per heavy atom. The van der Waals surface area contributed by atoms with Gasteiger partial charge in [-0.05, 0) is 25.3 Å². The van der Waals surface area contributed by atoms with Crippen LogP contribution in [0.25, 0.3) is 0 Å². The molecule has 84 valence electrons. The van der Waals surface area contributed by atoms with E-state index in [0.29, 0.717) is 6.04 Å². The maximum atomic E-state index is 8.82. The minimum absolute atomic E-state index is 0.240. The molecule has 0 aromatic carbocycles. The molecule has 0 heterocycles. The number of hydrogen-bond donors (Lipinski definition) is 2. The first kappa shape index (κ1) is 12.0. The summed E-state index contributed by atoms with van der Waals surface area (Å²) in [5, 5.41) is 12.1. The predicted octanol–water partition coefficient (Wildman–Crippen LogP) is 1.16. The summed E-state index contributed by atoms with van der Waals surface area (Å²) in [7, 11) is 0. The Hall–Kier alpha value is -0.120. The number of aliphatic hydroxyl groups excluding tert-OH is 1. The van der Waals surface area contributed by atoms with Crippen molar-refractivity contribution in [3.8, 4) is 0 Å². The lowest BCUT2D eigenvalue weighted by atomic mass is 10.2. The maximum absolute atomic E-state index is 8.82. The Morgan fingerprint density at radius 2 is 2.29 bits per heavy atom. The molecule has 0 saturated heterocycles. The zero-order valence-electron chi connectivity index (χ0n) is 9.17. The molecule has 1 fully saturated rings. The third kappa shape index (κ3) is 5.58. The summed E-state index contributed by atoms with van der Waals surface area (Å²) in [6, 6.07) is 0.323. The summed E-state index contributed by atoms with van der Waals surface area (Å²) >= 11 is 0. The van der Waals surface area contributed by atoms with Crippen LogP contribution in [0.1, 0.15) is 32.6 Å². The molecule has 1 unspecified atom stereocenters. The highest BCUT2D eigenvalue weighted by Gasteiger charge is 2.20. The normalized spacial score (nSPS) is 18.4. The van der Waals surface area contributed by atoms with Crippen LogP contribution in [0, 0.1) is 5.92 Å². The van der Waals surface area contributed by atoms with Crippen LogP contribution >= 0.6 is 0 Å². The summed E-state index contributed by atoms with van der Waals surface area (Å²) < 4.78 is 5.58. The van der Waals surface area contributed by atoms with Crippen LogP contribution in [0.2, 0.25) is 0 Å². The van der Waals surface area contributed by atoms with Crippen molar-refractivity contribution in [1.82, 2.24) is 5.32 Å². The van der Waals surface area contributed by atoms with Gasteiger partial charge in [0.05, 0.1) is 6.61 Å². The summed E-state index contributed by atoms with van der Waals surface area (Å²) in [5.74, 6) is 0.949. The first-order chi connectivity index (χ1) is 6.86. The fraction of sp³-hybridized carbons (Fsp3) is 1.00. The molecular weight excluding hydrogens is 178 g/mol. The van der Waals surface area contributed by atoms with E-state index in [-0.39, 0.29) is 6.61 Å². The van der Waals surface area contributed by atoms with E-state index in [0.717, 1.165) is 32.1 Å². The van der Waals surface area contributed by atoms with Gasteiger partial charge < -0.3 is 15.2 Å². The van der Waals surface area contributed by atoms with E-state index in [1.54, 1.807) is 0 Å². The van der Waals surface area contributed by atoms with E-state index in [1.165, 1.54) is 19.3 Å². The van der Waals surface area contributed by atoms with E-state index in [2.05, 4.69) is 12.2 Å². The molecule has 0 spiro atoms. The first-order valence-electron chi connectivity index (χ1n) is 5.78. The number of likely N-dealkylation sites (N-methyl/N-ethyl adjacent to an activating group) is 1. The molecule has 0 amide bonds. The van der Waals surface area contributed by atoms with E-state index in [4.69, 9.17) is 9.84 Å². The van der Waals surface area contributed by atoms with Crippen molar-refractivity contribution in [1.29, 1.82) is 0 Å². The molecular formula is C11H23NO2. The van der Waals surface area contributed by atoms with Crippen LogP contribution in [0.4, 0.5) is 0 Å². The summed E-state index contributed by atoms with van der Waals surface area (Å²) in [5.41, 5.74) is 0. The minimum Gasteiger partial charge on any atom is -0.396 e. The Balaban J connectivity index is 1.93. The lowest BCUT2D eigenvalue weighted by molar-refractivity contribution is 0.0976. The van der Waals surface area contributed by atoms with Gasteiger partial charge in [0.1, 0.15) is 0 Å². The van der Waals surface area contributed by atoms with E-state index in [9.17, 15) is 0 Å². The smallest absolute Gasteiger partial charge is 0.0620 e. The van der Waals surface area contributed by atoms with Gasteiger partial charge in [-0.2, -0.15) is 0 Å². The van der Waals surface area contributed by atoms with Crippen molar-refractivity contribution in [2.24, 2.45) is 5.92 Å². The minimum atomic E-state index is 0.240. The highest BCUT2D eigenvalue weighted by Crippen LogP contribution is 2.32. The monoisotopic (exact) mass is 201 g/mol. The van der Waals surface area contributed by atoms with Gasteiger partial charge in [0.25, 0.3) is 0 Å². The van der Waals surface area contributed by atoms with Crippen molar-refractivity contribution < 1.29 is 9.84 Å². The van der Waals surface area contributed by atoms with Gasteiger partial charge in [-0.3, -0.25) is 0 Å². The maximum Gasteiger partial charge on any atom is 0.0620 e. The molecule has 3 nitrogen and oxygen atoms in total. The molecule has 1 atom stereocenters. The predicted molar refractivity (Wildman–Crippen MR) is 57.3 cm³/mol. The third-order valence-corrected chi connectivity index (χ3v) is 2.66. The molecule has 14 heavy (non-hydrogen) atoms. The van der Waals surface area contributed by atoms with E-state index >= 15 is 0 Å². The molecule has 0 aromatic rings. The molecule has 0 aromatic heterocycles. The Morgan fingerprint density at radius 3 is 2.86 bits per heavy atom. The number of rotatable bonds is 9. The molecule has 0 aliphatic heterocycles. The van der Waals surface area contributed by atoms with Gasteiger partial charge in [0, 0.05) is 19.3 Å². The topological polar surface area (TPSA) is 41.5 Å². The van der Waals surface area contributed by atoms with Gasteiger partial charge in [0.2, 0.25) is 0 Å². The molecule has 0 bridgehead atoms. The first-order valence-corrected chi connectivity index (χ1v) is 5.78. The largest absolute Gasteiger partial charge is 0.396 e. The average molecular weight is 201 g/mol. The van der Waals surface area contributed by atoms with Crippen LogP contribution in [-0.4, -0.2) is 37.5 Å². The van der Waals surface area contributed by atoms with Crippen molar-refractivity contribution in [2.75, 3.05) is 26.4 Å².